The van der Waals surface area contributed by atoms with Crippen LogP contribution in [-0.2, 0) is 0 Å². The molecule has 1 saturated heterocycles. The first-order valence-corrected chi connectivity index (χ1v) is 5.77. The summed E-state index contributed by atoms with van der Waals surface area (Å²) in [5.41, 5.74) is 0. The predicted molar refractivity (Wildman–Crippen MR) is 53.2 cm³/mol. The molecule has 1 rings (SSSR count). The standard InChI is InChI=1S/C9H16N2S/c10-5-8-12-7-4-9-3-1-2-6-11-9/h9,11H,1-4,6-8H2. The lowest BCUT2D eigenvalue weighted by molar-refractivity contribution is 0.395. The van der Waals surface area contributed by atoms with Gasteiger partial charge in [-0.25, -0.2) is 0 Å². The van der Waals surface area contributed by atoms with Gasteiger partial charge in [-0.15, -0.1) is 11.8 Å². The SMILES string of the molecule is N#CCSCCC1CCCCN1. The van der Waals surface area contributed by atoms with Crippen molar-refractivity contribution in [2.45, 2.75) is 31.7 Å². The highest BCUT2D eigenvalue weighted by molar-refractivity contribution is 7.99. The molecule has 0 aliphatic carbocycles. The number of nitriles is 1. The van der Waals surface area contributed by atoms with Crippen LogP contribution in [0.2, 0.25) is 0 Å². The van der Waals surface area contributed by atoms with Crippen LogP contribution in [0.1, 0.15) is 25.7 Å². The van der Waals surface area contributed by atoms with E-state index in [-0.39, 0.29) is 0 Å². The molecule has 1 heterocycles. The lowest BCUT2D eigenvalue weighted by atomic mass is 10.0. The Labute approximate surface area is 78.7 Å². The maximum Gasteiger partial charge on any atom is 0.0808 e. The van der Waals surface area contributed by atoms with E-state index in [1.54, 1.807) is 11.8 Å². The van der Waals surface area contributed by atoms with Gasteiger partial charge in [0.15, 0.2) is 0 Å². The summed E-state index contributed by atoms with van der Waals surface area (Å²) < 4.78 is 0. The van der Waals surface area contributed by atoms with Crippen LogP contribution in [0.4, 0.5) is 0 Å². The van der Waals surface area contributed by atoms with Gasteiger partial charge in [-0.1, -0.05) is 6.42 Å². The number of hydrogen-bond donors (Lipinski definition) is 1. The topological polar surface area (TPSA) is 35.8 Å². The quantitative estimate of drug-likeness (QED) is 0.676. The zero-order valence-electron chi connectivity index (χ0n) is 7.38. The Hall–Kier alpha value is -0.200. The van der Waals surface area contributed by atoms with Crippen molar-refractivity contribution in [3.63, 3.8) is 0 Å². The monoisotopic (exact) mass is 184 g/mol. The van der Waals surface area contributed by atoms with Gasteiger partial charge in [-0.05, 0) is 31.6 Å². The third kappa shape index (κ3) is 3.99. The van der Waals surface area contributed by atoms with Crippen LogP contribution in [0, 0.1) is 11.3 Å². The highest BCUT2D eigenvalue weighted by atomic mass is 32.2. The molecular formula is C9H16N2S. The zero-order valence-corrected chi connectivity index (χ0v) is 8.20. The molecule has 1 atom stereocenters. The number of nitrogens with zero attached hydrogens (tertiary/aromatic N) is 1. The third-order valence-electron chi connectivity index (χ3n) is 2.19. The van der Waals surface area contributed by atoms with Crippen LogP contribution in [-0.4, -0.2) is 24.1 Å². The fourth-order valence-electron chi connectivity index (χ4n) is 1.51. The molecule has 1 aliphatic heterocycles. The molecule has 0 aromatic rings. The summed E-state index contributed by atoms with van der Waals surface area (Å²) in [4.78, 5) is 0. The Morgan fingerprint density at radius 3 is 3.08 bits per heavy atom. The van der Waals surface area contributed by atoms with Crippen molar-refractivity contribution < 1.29 is 0 Å². The first-order valence-electron chi connectivity index (χ1n) is 4.61. The summed E-state index contributed by atoms with van der Waals surface area (Å²) in [6.07, 6.45) is 5.27. The van der Waals surface area contributed by atoms with E-state index >= 15 is 0 Å². The maximum absolute atomic E-state index is 8.32. The van der Waals surface area contributed by atoms with Crippen molar-refractivity contribution in [3.05, 3.63) is 0 Å². The van der Waals surface area contributed by atoms with Crippen molar-refractivity contribution in [2.75, 3.05) is 18.1 Å². The van der Waals surface area contributed by atoms with Crippen LogP contribution in [0.15, 0.2) is 0 Å². The summed E-state index contributed by atoms with van der Waals surface area (Å²) in [5.74, 6) is 1.78. The summed E-state index contributed by atoms with van der Waals surface area (Å²) in [6.45, 7) is 1.19. The molecule has 2 nitrogen and oxygen atoms in total. The van der Waals surface area contributed by atoms with Gasteiger partial charge in [0.1, 0.15) is 0 Å². The molecule has 0 amide bonds. The second kappa shape index (κ2) is 6.33. The van der Waals surface area contributed by atoms with E-state index in [0.29, 0.717) is 5.75 Å². The molecule has 0 radical (unpaired) electrons. The van der Waals surface area contributed by atoms with E-state index in [0.717, 1.165) is 11.8 Å². The normalized spacial score (nSPS) is 23.4. The van der Waals surface area contributed by atoms with Crippen LogP contribution in [0.3, 0.4) is 0 Å². The number of hydrogen-bond acceptors (Lipinski definition) is 3. The second-order valence-electron chi connectivity index (χ2n) is 3.15. The minimum Gasteiger partial charge on any atom is -0.314 e. The molecular weight excluding hydrogens is 168 g/mol. The highest BCUT2D eigenvalue weighted by Gasteiger charge is 2.11. The number of nitrogens with one attached hydrogen (secondary N) is 1. The fraction of sp³-hybridized carbons (Fsp3) is 0.889. The van der Waals surface area contributed by atoms with E-state index in [1.807, 2.05) is 0 Å². The van der Waals surface area contributed by atoms with E-state index in [1.165, 1.54) is 32.2 Å². The molecule has 0 aromatic heterocycles. The van der Waals surface area contributed by atoms with Gasteiger partial charge in [0, 0.05) is 6.04 Å². The van der Waals surface area contributed by atoms with Gasteiger partial charge in [0.25, 0.3) is 0 Å². The van der Waals surface area contributed by atoms with Gasteiger partial charge < -0.3 is 5.32 Å². The number of rotatable bonds is 4. The molecule has 1 fully saturated rings. The third-order valence-corrected chi connectivity index (χ3v) is 3.05. The molecule has 68 valence electrons. The molecule has 0 spiro atoms. The van der Waals surface area contributed by atoms with E-state index in [2.05, 4.69) is 11.4 Å². The van der Waals surface area contributed by atoms with E-state index in [4.69, 9.17) is 5.26 Å². The van der Waals surface area contributed by atoms with Crippen molar-refractivity contribution in [3.8, 4) is 6.07 Å². The van der Waals surface area contributed by atoms with Crippen LogP contribution in [0.5, 0.6) is 0 Å². The smallest absolute Gasteiger partial charge is 0.0808 e. The van der Waals surface area contributed by atoms with Crippen LogP contribution in [0.25, 0.3) is 0 Å². The molecule has 1 N–H and O–H groups in total. The molecule has 12 heavy (non-hydrogen) atoms. The van der Waals surface area contributed by atoms with Crippen molar-refractivity contribution in [1.82, 2.24) is 5.32 Å². The number of piperidine rings is 1. The van der Waals surface area contributed by atoms with Gasteiger partial charge in [0.2, 0.25) is 0 Å². The van der Waals surface area contributed by atoms with Gasteiger partial charge >= 0.3 is 0 Å². The summed E-state index contributed by atoms with van der Waals surface area (Å²) in [6, 6.07) is 2.87. The van der Waals surface area contributed by atoms with Crippen LogP contribution >= 0.6 is 11.8 Å². The molecule has 0 bridgehead atoms. The van der Waals surface area contributed by atoms with Crippen molar-refractivity contribution >= 4 is 11.8 Å². The van der Waals surface area contributed by atoms with Crippen molar-refractivity contribution in [1.29, 1.82) is 5.26 Å². The minimum atomic E-state index is 0.646. The highest BCUT2D eigenvalue weighted by Crippen LogP contribution is 2.12. The lowest BCUT2D eigenvalue weighted by Gasteiger charge is -2.22. The Kier molecular flexibility index (Phi) is 5.21. The maximum atomic E-state index is 8.32. The first-order chi connectivity index (χ1) is 5.93. The molecule has 0 saturated carbocycles. The second-order valence-corrected chi connectivity index (χ2v) is 4.25. The minimum absolute atomic E-state index is 0.646. The Morgan fingerprint density at radius 2 is 2.42 bits per heavy atom. The Morgan fingerprint density at radius 1 is 1.50 bits per heavy atom. The molecule has 1 aliphatic rings. The molecule has 0 aromatic carbocycles. The largest absolute Gasteiger partial charge is 0.314 e. The Balaban J connectivity index is 1.95. The fourth-order valence-corrected chi connectivity index (χ4v) is 2.20. The van der Waals surface area contributed by atoms with Gasteiger partial charge in [0.05, 0.1) is 11.8 Å². The first kappa shape index (κ1) is 9.88. The van der Waals surface area contributed by atoms with Crippen LogP contribution < -0.4 is 5.32 Å². The van der Waals surface area contributed by atoms with E-state index in [9.17, 15) is 0 Å². The Bertz CT molecular complexity index is 147. The summed E-state index contributed by atoms with van der Waals surface area (Å²) >= 11 is 1.75. The predicted octanol–water partition coefficient (Wildman–Crippen LogP) is 1.78. The average Bonchev–Trinajstić information content (AvgIpc) is 2.14. The molecule has 3 heteroatoms. The van der Waals surface area contributed by atoms with Gasteiger partial charge in [-0.3, -0.25) is 0 Å². The number of thioether (sulfide) groups is 1. The zero-order chi connectivity index (χ0) is 8.65. The summed E-state index contributed by atoms with van der Waals surface area (Å²) in [7, 11) is 0. The van der Waals surface area contributed by atoms with E-state index < -0.39 is 0 Å². The average molecular weight is 184 g/mol. The lowest BCUT2D eigenvalue weighted by Crippen LogP contribution is -2.34. The summed E-state index contributed by atoms with van der Waals surface area (Å²) in [5, 5.41) is 11.8. The van der Waals surface area contributed by atoms with Crippen molar-refractivity contribution in [2.24, 2.45) is 0 Å². The van der Waals surface area contributed by atoms with Gasteiger partial charge in [-0.2, -0.15) is 5.26 Å². The molecule has 1 unspecified atom stereocenters.